The molecule has 38 valence electrons. The van der Waals surface area contributed by atoms with Crippen LogP contribution in [0.2, 0.25) is 0 Å². The van der Waals surface area contributed by atoms with Crippen molar-refractivity contribution in [3.8, 4) is 0 Å². The van der Waals surface area contributed by atoms with Crippen molar-refractivity contribution in [3.63, 3.8) is 0 Å². The molecule has 0 aliphatic carbocycles. The Labute approximate surface area is 107 Å². The summed E-state index contributed by atoms with van der Waals surface area (Å²) < 4.78 is 0. The van der Waals surface area contributed by atoms with Gasteiger partial charge in [0.05, 0.1) is 0 Å². The van der Waals surface area contributed by atoms with Crippen LogP contribution in [0.1, 0.15) is 0 Å². The third-order valence-corrected chi connectivity index (χ3v) is 0. The predicted octanol–water partition coefficient (Wildman–Crippen LogP) is -4.20. The molecule has 0 aliphatic rings. The summed E-state index contributed by atoms with van der Waals surface area (Å²) in [7, 11) is 0. The first kappa shape index (κ1) is 38.7. The van der Waals surface area contributed by atoms with E-state index >= 15 is 0 Å². The second-order valence-electron chi connectivity index (χ2n) is 0. The zero-order chi connectivity index (χ0) is 0. The molecule has 0 spiro atoms. The molecule has 4 radical (unpaired) electrons. The minimum atomic E-state index is 0. The summed E-state index contributed by atoms with van der Waals surface area (Å²) in [5, 5.41) is 0. The van der Waals surface area contributed by atoms with Crippen molar-refractivity contribution in [3.05, 3.63) is 0 Å². The van der Waals surface area contributed by atoms with Crippen LogP contribution in [0, 0.1) is 0 Å². The van der Waals surface area contributed by atoms with Gasteiger partial charge in [-0.05, 0) is 0 Å². The third-order valence-electron chi connectivity index (χ3n) is 0. The molecular weight excluding hydrogens is 540 g/mol. The molecule has 5 heavy (non-hydrogen) atoms. The molecule has 0 nitrogen and oxygen atoms in total. The average Bonchev–Trinajstić information content (AvgIpc) is 0. The van der Waals surface area contributed by atoms with Gasteiger partial charge >= 0.3 is 74.5 Å². The molecule has 0 aliphatic heterocycles. The first-order valence-corrected chi connectivity index (χ1v) is 0. The molecule has 0 fully saturated rings. The van der Waals surface area contributed by atoms with Crippen LogP contribution in [-0.2, 0) is 17.1 Å². The fraction of sp³-hybridized carbons (Fsp3) is 0. The van der Waals surface area contributed by atoms with Gasteiger partial charge in [0.2, 0.25) is 0 Å². The Morgan fingerprint density at radius 2 is 1.00 bits per heavy atom. The van der Waals surface area contributed by atoms with Crippen LogP contribution in [0.5, 0.6) is 0 Å². The Balaban J connectivity index is 0. The molecule has 0 amide bonds. The molecule has 0 bridgehead atoms. The SMILES string of the molecule is [AlH3].[BiH3].[Cu].[SbH2].[SnH2]. The average molecular weight is 550 g/mol. The molecule has 0 atom stereocenters. The van der Waals surface area contributed by atoms with Gasteiger partial charge in [-0.1, -0.05) is 0 Å². The van der Waals surface area contributed by atoms with Gasteiger partial charge in [0.1, 0.15) is 0 Å². The molecule has 0 aromatic rings. The first-order valence-electron chi connectivity index (χ1n) is 0. The maximum absolute atomic E-state index is 0. The number of rotatable bonds is 0. The van der Waals surface area contributed by atoms with Crippen molar-refractivity contribution in [2.75, 3.05) is 0 Å². The van der Waals surface area contributed by atoms with Gasteiger partial charge in [0, 0.05) is 17.1 Å². The monoisotopic (exact) mass is 550 g/mol. The van der Waals surface area contributed by atoms with Gasteiger partial charge in [0.25, 0.3) is 0 Å². The normalized spacial score (nSPS) is 0. The van der Waals surface area contributed by atoms with E-state index < -0.39 is 0 Å². The molecule has 5 heteroatoms. The van der Waals surface area contributed by atoms with Gasteiger partial charge in [-0.25, -0.2) is 0 Å². The summed E-state index contributed by atoms with van der Waals surface area (Å²) >= 11 is 0. The first-order chi connectivity index (χ1) is 0. The third kappa shape index (κ3) is 18.5. The minimum absolute atomic E-state index is 0. The maximum atomic E-state index is 0. The van der Waals surface area contributed by atoms with E-state index in [2.05, 4.69) is 0 Å². The van der Waals surface area contributed by atoms with Crippen molar-refractivity contribution < 1.29 is 17.1 Å². The van der Waals surface area contributed by atoms with Crippen LogP contribution in [0.25, 0.3) is 0 Å². The quantitative estimate of drug-likeness (QED) is 0.269. The van der Waals surface area contributed by atoms with E-state index in [1.54, 1.807) is 0 Å². The van der Waals surface area contributed by atoms with Crippen LogP contribution in [0.3, 0.4) is 0 Å². The number of hydrogen-bond donors (Lipinski definition) is 0. The van der Waals surface area contributed by atoms with Crippen molar-refractivity contribution >= 4 is 91.9 Å². The molecule has 0 rings (SSSR count). The molecule has 0 aromatic heterocycles. The molecular formula is H10AlBiCuSbSn. The van der Waals surface area contributed by atoms with E-state index in [0.717, 1.165) is 0 Å². The van der Waals surface area contributed by atoms with Gasteiger partial charge < -0.3 is 0 Å². The zero-order valence-corrected chi connectivity index (χ0v) is 16.1. The van der Waals surface area contributed by atoms with Crippen molar-refractivity contribution in [2.45, 2.75) is 0 Å². The Hall–Kier alpha value is 3.55. The topological polar surface area (TPSA) is 0 Å². The van der Waals surface area contributed by atoms with Crippen molar-refractivity contribution in [2.24, 2.45) is 0 Å². The van der Waals surface area contributed by atoms with E-state index in [1.807, 2.05) is 0 Å². The van der Waals surface area contributed by atoms with Crippen LogP contribution in [0.15, 0.2) is 0 Å². The van der Waals surface area contributed by atoms with Crippen LogP contribution in [-0.4, -0.2) is 91.9 Å². The van der Waals surface area contributed by atoms with Crippen molar-refractivity contribution in [1.82, 2.24) is 0 Å². The summed E-state index contributed by atoms with van der Waals surface area (Å²) in [5.41, 5.74) is 0. The second-order valence-corrected chi connectivity index (χ2v) is 0. The molecule has 0 saturated carbocycles. The number of hydrogen-bond acceptors (Lipinski definition) is 0. The summed E-state index contributed by atoms with van der Waals surface area (Å²) in [5.74, 6) is 0. The zero-order valence-electron chi connectivity index (χ0n) is 2.29. The summed E-state index contributed by atoms with van der Waals surface area (Å²) in [6, 6.07) is 0. The Morgan fingerprint density at radius 1 is 1.00 bits per heavy atom. The summed E-state index contributed by atoms with van der Waals surface area (Å²) in [4.78, 5) is 0. The summed E-state index contributed by atoms with van der Waals surface area (Å²) in [6.07, 6.45) is 0. The Kier molecular flexibility index (Phi) is 199. The fourth-order valence-corrected chi connectivity index (χ4v) is 0. The molecule has 0 aromatic carbocycles. The standard InChI is InChI=1S/Al.Bi.Cu.Sb.Sn.10H. The van der Waals surface area contributed by atoms with E-state index in [9.17, 15) is 0 Å². The molecule has 0 unspecified atom stereocenters. The Bertz CT molecular complexity index is 11.6. The van der Waals surface area contributed by atoms with Gasteiger partial charge in [-0.2, -0.15) is 0 Å². The van der Waals surface area contributed by atoms with Gasteiger partial charge in [-0.15, -0.1) is 0 Å². The van der Waals surface area contributed by atoms with E-state index in [4.69, 9.17) is 0 Å². The van der Waals surface area contributed by atoms with Gasteiger partial charge in [-0.3, -0.25) is 0 Å². The predicted molar refractivity (Wildman–Crippen MR) is 37.0 cm³/mol. The molecule has 0 N–H and O–H groups in total. The van der Waals surface area contributed by atoms with E-state index in [-0.39, 0.29) is 109 Å². The van der Waals surface area contributed by atoms with E-state index in [0.29, 0.717) is 0 Å². The van der Waals surface area contributed by atoms with Crippen LogP contribution in [0.4, 0.5) is 0 Å². The van der Waals surface area contributed by atoms with E-state index in [1.165, 1.54) is 0 Å². The molecule has 0 saturated heterocycles. The Morgan fingerprint density at radius 3 is 1.00 bits per heavy atom. The molecule has 0 heterocycles. The van der Waals surface area contributed by atoms with Gasteiger partial charge in [0.15, 0.2) is 17.4 Å². The fourth-order valence-electron chi connectivity index (χ4n) is 0. The van der Waals surface area contributed by atoms with Crippen LogP contribution < -0.4 is 0 Å². The van der Waals surface area contributed by atoms with Crippen LogP contribution >= 0.6 is 0 Å². The summed E-state index contributed by atoms with van der Waals surface area (Å²) in [6.45, 7) is 0. The van der Waals surface area contributed by atoms with Crippen molar-refractivity contribution in [1.29, 1.82) is 0 Å². The second kappa shape index (κ2) is 25.7.